The normalized spacial score (nSPS) is 15.5. The Morgan fingerprint density at radius 1 is 1.50 bits per heavy atom. The van der Waals surface area contributed by atoms with Gasteiger partial charge >= 0.3 is 12.1 Å². The second kappa shape index (κ2) is 4.47. The smallest absolute Gasteiger partial charge is 0.405 e. The van der Waals surface area contributed by atoms with Gasteiger partial charge in [-0.2, -0.15) is 13.2 Å². The van der Waals surface area contributed by atoms with Gasteiger partial charge in [0.1, 0.15) is 6.54 Å². The van der Waals surface area contributed by atoms with E-state index in [1.54, 1.807) is 0 Å². The number of pyridine rings is 1. The van der Waals surface area contributed by atoms with Crippen molar-refractivity contribution in [2.24, 2.45) is 0 Å². The van der Waals surface area contributed by atoms with Crippen molar-refractivity contribution in [3.05, 3.63) is 24.0 Å². The van der Waals surface area contributed by atoms with Gasteiger partial charge in [0.25, 0.3) is 0 Å². The average molecular weight is 260 g/mol. The van der Waals surface area contributed by atoms with Crippen molar-refractivity contribution in [2.75, 3.05) is 11.4 Å². The molecule has 0 atom stereocenters. The van der Waals surface area contributed by atoms with Crippen LogP contribution in [0.5, 0.6) is 0 Å². The van der Waals surface area contributed by atoms with Crippen molar-refractivity contribution in [3.63, 3.8) is 0 Å². The van der Waals surface area contributed by atoms with Gasteiger partial charge in [-0.3, -0.25) is 0 Å². The lowest BCUT2D eigenvalue weighted by Crippen LogP contribution is -2.37. The Kier molecular flexibility index (Phi) is 3.14. The number of halogens is 3. The monoisotopic (exact) mass is 260 g/mol. The van der Waals surface area contributed by atoms with E-state index >= 15 is 0 Å². The lowest BCUT2D eigenvalue weighted by molar-refractivity contribution is -0.120. The van der Waals surface area contributed by atoms with Gasteiger partial charge in [-0.05, 0) is 25.0 Å². The number of anilines is 1. The molecule has 18 heavy (non-hydrogen) atoms. The average Bonchev–Trinajstić information content (AvgIpc) is 3.08. The second-order valence-corrected chi connectivity index (χ2v) is 4.15. The lowest BCUT2D eigenvalue weighted by atomic mass is 10.2. The van der Waals surface area contributed by atoms with E-state index < -0.39 is 18.7 Å². The minimum atomic E-state index is -4.37. The first-order valence-electron chi connectivity index (χ1n) is 5.40. The molecule has 0 aliphatic heterocycles. The van der Waals surface area contributed by atoms with Crippen LogP contribution in [0.3, 0.4) is 0 Å². The highest BCUT2D eigenvalue weighted by Crippen LogP contribution is 2.35. The van der Waals surface area contributed by atoms with Crippen LogP contribution in [0, 0.1) is 0 Å². The van der Waals surface area contributed by atoms with Crippen molar-refractivity contribution < 1.29 is 23.1 Å². The molecule has 1 fully saturated rings. The Bertz CT molecular complexity index is 458. The molecule has 0 saturated heterocycles. The molecule has 1 saturated carbocycles. The molecule has 1 heterocycles. The Balaban J connectivity index is 2.33. The highest BCUT2D eigenvalue weighted by molar-refractivity contribution is 5.92. The third kappa shape index (κ3) is 2.91. The summed E-state index contributed by atoms with van der Waals surface area (Å²) in [6.07, 6.45) is -1.83. The maximum Gasteiger partial charge on any atom is 0.405 e. The molecule has 0 aromatic carbocycles. The predicted molar refractivity (Wildman–Crippen MR) is 57.6 cm³/mol. The van der Waals surface area contributed by atoms with Gasteiger partial charge in [0.2, 0.25) is 0 Å². The summed E-state index contributed by atoms with van der Waals surface area (Å²) in [5.74, 6) is -1.32. The van der Waals surface area contributed by atoms with Crippen molar-refractivity contribution >= 4 is 11.7 Å². The van der Waals surface area contributed by atoms with Gasteiger partial charge in [0, 0.05) is 12.2 Å². The molecular formula is C11H11F3N2O2. The standard InChI is InChI=1S/C11H11F3N2O2/c12-11(13,14)6-16(7-3-4-7)8-2-1-5-15-9(8)10(17)18/h1-2,5,7H,3-4,6H2,(H,17,18). The SMILES string of the molecule is O=C(O)c1ncccc1N(CC(F)(F)F)C1CC1. The summed E-state index contributed by atoms with van der Waals surface area (Å²) in [5, 5.41) is 8.94. The zero-order valence-corrected chi connectivity index (χ0v) is 9.31. The molecule has 0 amide bonds. The first-order chi connectivity index (χ1) is 8.38. The highest BCUT2D eigenvalue weighted by atomic mass is 19.4. The van der Waals surface area contributed by atoms with E-state index in [1.807, 2.05) is 0 Å². The lowest BCUT2D eigenvalue weighted by Gasteiger charge is -2.26. The summed E-state index contributed by atoms with van der Waals surface area (Å²) < 4.78 is 37.5. The van der Waals surface area contributed by atoms with Crippen LogP contribution >= 0.6 is 0 Å². The van der Waals surface area contributed by atoms with Gasteiger partial charge in [0.15, 0.2) is 5.69 Å². The molecule has 1 aliphatic carbocycles. The summed E-state index contributed by atoms with van der Waals surface area (Å²) in [4.78, 5) is 15.7. The van der Waals surface area contributed by atoms with Gasteiger partial charge in [-0.1, -0.05) is 0 Å². The topological polar surface area (TPSA) is 53.4 Å². The van der Waals surface area contributed by atoms with Gasteiger partial charge < -0.3 is 10.0 Å². The summed E-state index contributed by atoms with van der Waals surface area (Å²) in [5.41, 5.74) is -0.307. The number of hydrogen-bond donors (Lipinski definition) is 1. The molecular weight excluding hydrogens is 249 g/mol. The molecule has 4 nitrogen and oxygen atoms in total. The second-order valence-electron chi connectivity index (χ2n) is 4.15. The quantitative estimate of drug-likeness (QED) is 0.902. The van der Waals surface area contributed by atoms with Crippen molar-refractivity contribution in [2.45, 2.75) is 25.1 Å². The maximum absolute atomic E-state index is 12.5. The first-order valence-corrected chi connectivity index (χ1v) is 5.40. The Morgan fingerprint density at radius 2 is 2.17 bits per heavy atom. The van der Waals surface area contributed by atoms with Crippen molar-refractivity contribution in [3.8, 4) is 0 Å². The fraction of sp³-hybridized carbons (Fsp3) is 0.455. The van der Waals surface area contributed by atoms with E-state index in [1.165, 1.54) is 18.3 Å². The number of carbonyl (C=O) groups is 1. The molecule has 1 aromatic heterocycles. The number of carboxylic acids is 1. The highest BCUT2D eigenvalue weighted by Gasteiger charge is 2.39. The molecule has 98 valence electrons. The van der Waals surface area contributed by atoms with Gasteiger partial charge in [-0.25, -0.2) is 9.78 Å². The van der Waals surface area contributed by atoms with Crippen molar-refractivity contribution in [1.29, 1.82) is 0 Å². The molecule has 0 bridgehead atoms. The van der Waals surface area contributed by atoms with Crippen LogP contribution in [0.4, 0.5) is 18.9 Å². The van der Waals surface area contributed by atoms with Gasteiger partial charge in [-0.15, -0.1) is 0 Å². The molecule has 1 aliphatic rings. The maximum atomic E-state index is 12.5. The van der Waals surface area contributed by atoms with Crippen molar-refractivity contribution in [1.82, 2.24) is 4.98 Å². The van der Waals surface area contributed by atoms with Gasteiger partial charge in [0.05, 0.1) is 5.69 Å². The predicted octanol–water partition coefficient (Wildman–Crippen LogP) is 2.31. The minimum Gasteiger partial charge on any atom is -0.476 e. The van der Waals surface area contributed by atoms with E-state index in [9.17, 15) is 18.0 Å². The number of carboxylic acid groups (broad SMARTS) is 1. The molecule has 0 radical (unpaired) electrons. The zero-order valence-electron chi connectivity index (χ0n) is 9.31. The molecule has 2 rings (SSSR count). The van der Waals surface area contributed by atoms with E-state index in [0.717, 1.165) is 4.90 Å². The number of aromatic carboxylic acids is 1. The minimum absolute atomic E-state index is 0.0322. The third-order valence-electron chi connectivity index (χ3n) is 2.64. The fourth-order valence-electron chi connectivity index (χ4n) is 1.78. The van der Waals surface area contributed by atoms with Crippen LogP contribution in [0.15, 0.2) is 18.3 Å². The van der Waals surface area contributed by atoms with Crippen LogP contribution in [0.1, 0.15) is 23.3 Å². The largest absolute Gasteiger partial charge is 0.476 e. The first kappa shape index (κ1) is 12.7. The number of aromatic nitrogens is 1. The van der Waals surface area contributed by atoms with Crippen LogP contribution in [-0.4, -0.2) is 34.8 Å². The third-order valence-corrected chi connectivity index (χ3v) is 2.64. The summed E-state index contributed by atoms with van der Waals surface area (Å²) in [6.45, 7) is -1.15. The molecule has 1 aromatic rings. The van der Waals surface area contributed by atoms with Crippen LogP contribution in [0.25, 0.3) is 0 Å². The molecule has 1 N–H and O–H groups in total. The number of nitrogens with zero attached hydrogens (tertiary/aromatic N) is 2. The summed E-state index contributed by atoms with van der Waals surface area (Å²) >= 11 is 0. The van der Waals surface area contributed by atoms with Crippen LogP contribution < -0.4 is 4.90 Å². The zero-order chi connectivity index (χ0) is 13.3. The van der Waals surface area contributed by atoms with Crippen LogP contribution in [0.2, 0.25) is 0 Å². The summed E-state index contributed by atoms with van der Waals surface area (Å²) in [6, 6.07) is 2.56. The Hall–Kier alpha value is -1.79. The number of hydrogen-bond acceptors (Lipinski definition) is 3. The Labute approximate surface area is 101 Å². The van der Waals surface area contributed by atoms with E-state index in [-0.39, 0.29) is 17.4 Å². The summed E-state index contributed by atoms with van der Waals surface area (Å²) in [7, 11) is 0. The number of rotatable bonds is 4. The van der Waals surface area contributed by atoms with Crippen LogP contribution in [-0.2, 0) is 0 Å². The molecule has 0 unspecified atom stereocenters. The number of alkyl halides is 3. The molecule has 0 spiro atoms. The Morgan fingerprint density at radius 3 is 2.67 bits per heavy atom. The fourth-order valence-corrected chi connectivity index (χ4v) is 1.78. The van der Waals surface area contributed by atoms with E-state index in [0.29, 0.717) is 12.8 Å². The van der Waals surface area contributed by atoms with E-state index in [4.69, 9.17) is 5.11 Å². The van der Waals surface area contributed by atoms with E-state index in [2.05, 4.69) is 4.98 Å². The molecule has 7 heteroatoms.